The molecule has 5 aromatic rings. The van der Waals surface area contributed by atoms with Gasteiger partial charge in [0.25, 0.3) is 5.56 Å². The summed E-state index contributed by atoms with van der Waals surface area (Å²) in [6.07, 6.45) is 0. The average molecular weight is 436 g/mol. The molecular formula is C20H13FN6OS2. The summed E-state index contributed by atoms with van der Waals surface area (Å²) in [5.74, 6) is 0.623. The van der Waals surface area contributed by atoms with E-state index < -0.39 is 0 Å². The standard InChI is InChI=1S/C20H13FN6OS2/c21-13-8-6-12(7-9-13)15-10-29-19-17(15)18(28)22-16(23-19)11-30-20-24-25-26-27(20)14-4-2-1-3-5-14/h1-10H,11H2,(H,22,23,28). The fraction of sp³-hybridized carbons (Fsp3) is 0.0500. The number of nitrogens with zero attached hydrogens (tertiary/aromatic N) is 5. The van der Waals surface area contributed by atoms with Gasteiger partial charge >= 0.3 is 0 Å². The van der Waals surface area contributed by atoms with Crippen LogP contribution < -0.4 is 5.56 Å². The Balaban J connectivity index is 1.43. The summed E-state index contributed by atoms with van der Waals surface area (Å²) in [5, 5.41) is 14.8. The topological polar surface area (TPSA) is 89.4 Å². The summed E-state index contributed by atoms with van der Waals surface area (Å²) in [4.78, 5) is 20.8. The summed E-state index contributed by atoms with van der Waals surface area (Å²) >= 11 is 2.77. The molecule has 148 valence electrons. The number of thiophene rings is 1. The van der Waals surface area contributed by atoms with Crippen molar-refractivity contribution in [2.75, 3.05) is 0 Å². The number of hydrogen-bond acceptors (Lipinski definition) is 7. The van der Waals surface area contributed by atoms with Crippen LogP contribution in [-0.2, 0) is 5.75 Å². The van der Waals surface area contributed by atoms with Crippen LogP contribution in [0.3, 0.4) is 0 Å². The fourth-order valence-corrected chi connectivity index (χ4v) is 4.76. The number of hydrogen-bond donors (Lipinski definition) is 1. The summed E-state index contributed by atoms with van der Waals surface area (Å²) in [6.45, 7) is 0. The van der Waals surface area contributed by atoms with Crippen molar-refractivity contribution < 1.29 is 4.39 Å². The number of aromatic nitrogens is 6. The van der Waals surface area contributed by atoms with Gasteiger partial charge in [0.05, 0.1) is 16.8 Å². The molecule has 0 fully saturated rings. The second kappa shape index (κ2) is 7.81. The molecule has 7 nitrogen and oxygen atoms in total. The van der Waals surface area contributed by atoms with Crippen molar-refractivity contribution in [1.82, 2.24) is 30.2 Å². The van der Waals surface area contributed by atoms with Crippen LogP contribution in [0.1, 0.15) is 5.82 Å². The molecule has 0 atom stereocenters. The molecule has 0 spiro atoms. The van der Waals surface area contributed by atoms with Gasteiger partial charge in [0.2, 0.25) is 5.16 Å². The number of rotatable bonds is 5. The molecule has 5 rings (SSSR count). The molecular weight excluding hydrogens is 423 g/mol. The van der Waals surface area contributed by atoms with Crippen LogP contribution in [0.15, 0.2) is 69.9 Å². The van der Waals surface area contributed by atoms with Gasteiger partial charge in [-0.15, -0.1) is 16.4 Å². The predicted molar refractivity (Wildman–Crippen MR) is 114 cm³/mol. The van der Waals surface area contributed by atoms with E-state index in [1.165, 1.54) is 35.2 Å². The van der Waals surface area contributed by atoms with E-state index in [1.807, 2.05) is 35.7 Å². The maximum Gasteiger partial charge on any atom is 0.260 e. The lowest BCUT2D eigenvalue weighted by molar-refractivity contribution is 0.628. The number of thioether (sulfide) groups is 1. The molecule has 0 radical (unpaired) electrons. The van der Waals surface area contributed by atoms with Crippen LogP contribution in [0.2, 0.25) is 0 Å². The van der Waals surface area contributed by atoms with Crippen molar-refractivity contribution in [2.24, 2.45) is 0 Å². The molecule has 30 heavy (non-hydrogen) atoms. The molecule has 1 N–H and O–H groups in total. The molecule has 3 heterocycles. The SMILES string of the molecule is O=c1[nH]c(CSc2nnnn2-c2ccccc2)nc2scc(-c3ccc(F)cc3)c12. The first-order valence-electron chi connectivity index (χ1n) is 8.92. The average Bonchev–Trinajstić information content (AvgIpc) is 3.41. The van der Waals surface area contributed by atoms with Crippen molar-refractivity contribution in [2.45, 2.75) is 10.9 Å². The molecule has 0 unspecified atom stereocenters. The minimum atomic E-state index is -0.317. The number of tetrazole rings is 1. The van der Waals surface area contributed by atoms with Crippen molar-refractivity contribution in [3.05, 3.63) is 82.0 Å². The Kier molecular flexibility index (Phi) is 4.85. The Labute approximate surface area is 177 Å². The van der Waals surface area contributed by atoms with E-state index in [1.54, 1.807) is 16.8 Å². The van der Waals surface area contributed by atoms with E-state index in [9.17, 15) is 9.18 Å². The Morgan fingerprint density at radius 1 is 1.10 bits per heavy atom. The van der Waals surface area contributed by atoms with Gasteiger partial charge in [0, 0.05) is 10.9 Å². The van der Waals surface area contributed by atoms with Crippen molar-refractivity contribution >= 4 is 33.3 Å². The Hall–Kier alpha value is -3.37. The first-order valence-corrected chi connectivity index (χ1v) is 10.8. The zero-order chi connectivity index (χ0) is 20.5. The molecule has 0 aliphatic carbocycles. The summed E-state index contributed by atoms with van der Waals surface area (Å²) in [7, 11) is 0. The third kappa shape index (κ3) is 3.51. The molecule has 10 heteroatoms. The highest BCUT2D eigenvalue weighted by atomic mass is 32.2. The van der Waals surface area contributed by atoms with Crippen molar-refractivity contribution in [3.63, 3.8) is 0 Å². The van der Waals surface area contributed by atoms with E-state index >= 15 is 0 Å². The fourth-order valence-electron chi connectivity index (χ4n) is 3.04. The zero-order valence-corrected chi connectivity index (χ0v) is 17.0. The Morgan fingerprint density at radius 2 is 1.90 bits per heavy atom. The van der Waals surface area contributed by atoms with Gasteiger partial charge in [-0.1, -0.05) is 42.1 Å². The van der Waals surface area contributed by atoms with Gasteiger partial charge in [0.15, 0.2) is 0 Å². The molecule has 0 amide bonds. The van der Waals surface area contributed by atoms with Crippen LogP contribution in [-0.4, -0.2) is 30.2 Å². The number of para-hydroxylation sites is 1. The number of fused-ring (bicyclic) bond motifs is 1. The number of nitrogens with one attached hydrogen (secondary N) is 1. The maximum atomic E-state index is 13.2. The number of H-pyrrole nitrogens is 1. The summed E-state index contributed by atoms with van der Waals surface area (Å²) in [6, 6.07) is 15.6. The van der Waals surface area contributed by atoms with E-state index in [0.717, 1.165) is 16.8 Å². The van der Waals surface area contributed by atoms with Gasteiger partial charge in [-0.3, -0.25) is 4.79 Å². The molecule has 3 aromatic heterocycles. The van der Waals surface area contributed by atoms with Crippen LogP contribution in [0.4, 0.5) is 4.39 Å². The van der Waals surface area contributed by atoms with E-state index in [-0.39, 0.29) is 11.4 Å². The van der Waals surface area contributed by atoms with Gasteiger partial charge in [-0.25, -0.2) is 9.37 Å². The lowest BCUT2D eigenvalue weighted by atomic mass is 10.1. The van der Waals surface area contributed by atoms with Gasteiger partial charge in [-0.05, 0) is 40.3 Å². The Bertz CT molecular complexity index is 1380. The quantitative estimate of drug-likeness (QED) is 0.418. The smallest absolute Gasteiger partial charge is 0.260 e. The van der Waals surface area contributed by atoms with Crippen molar-refractivity contribution in [3.8, 4) is 16.8 Å². The molecule has 2 aromatic carbocycles. The highest BCUT2D eigenvalue weighted by Crippen LogP contribution is 2.31. The highest BCUT2D eigenvalue weighted by molar-refractivity contribution is 7.98. The minimum absolute atomic E-state index is 0.223. The minimum Gasteiger partial charge on any atom is -0.309 e. The zero-order valence-electron chi connectivity index (χ0n) is 15.3. The van der Waals surface area contributed by atoms with Crippen LogP contribution >= 0.6 is 23.1 Å². The van der Waals surface area contributed by atoms with E-state index in [2.05, 4.69) is 25.5 Å². The van der Waals surface area contributed by atoms with Gasteiger partial charge in [-0.2, -0.15) is 4.68 Å². The van der Waals surface area contributed by atoms with Crippen LogP contribution in [0, 0.1) is 5.82 Å². The third-order valence-corrected chi connectivity index (χ3v) is 6.23. The largest absolute Gasteiger partial charge is 0.309 e. The number of halogens is 1. The van der Waals surface area contributed by atoms with Crippen LogP contribution in [0.25, 0.3) is 27.0 Å². The van der Waals surface area contributed by atoms with Gasteiger partial charge in [0.1, 0.15) is 16.5 Å². The lowest BCUT2D eigenvalue weighted by Gasteiger charge is -2.04. The lowest BCUT2D eigenvalue weighted by Crippen LogP contribution is -2.11. The molecule has 0 saturated carbocycles. The summed E-state index contributed by atoms with van der Waals surface area (Å²) in [5.41, 5.74) is 2.15. The second-order valence-corrected chi connectivity index (χ2v) is 8.15. The molecule has 0 saturated heterocycles. The molecule has 0 aliphatic rings. The number of aromatic amines is 1. The second-order valence-electron chi connectivity index (χ2n) is 6.35. The van der Waals surface area contributed by atoms with Gasteiger partial charge < -0.3 is 4.98 Å². The molecule has 0 aliphatic heterocycles. The normalized spacial score (nSPS) is 11.2. The Morgan fingerprint density at radius 3 is 2.70 bits per heavy atom. The first-order chi connectivity index (χ1) is 14.7. The first kappa shape index (κ1) is 18.6. The maximum absolute atomic E-state index is 13.2. The summed E-state index contributed by atoms with van der Waals surface area (Å²) < 4.78 is 14.9. The highest BCUT2D eigenvalue weighted by Gasteiger charge is 2.15. The van der Waals surface area contributed by atoms with Crippen molar-refractivity contribution in [1.29, 1.82) is 0 Å². The monoisotopic (exact) mass is 436 g/mol. The van der Waals surface area contributed by atoms with Crippen LogP contribution in [0.5, 0.6) is 0 Å². The third-order valence-electron chi connectivity index (χ3n) is 4.43. The molecule has 0 bridgehead atoms. The predicted octanol–water partition coefficient (Wildman–Crippen LogP) is 4.06. The van der Waals surface area contributed by atoms with E-state index in [4.69, 9.17) is 0 Å². The van der Waals surface area contributed by atoms with E-state index in [0.29, 0.717) is 27.0 Å². The number of benzene rings is 2.